The molecule has 0 saturated carbocycles. The van der Waals surface area contributed by atoms with Crippen LogP contribution in [0.15, 0.2) is 0 Å². The average molecular weight is 200 g/mol. The van der Waals surface area contributed by atoms with Crippen LogP contribution in [0.3, 0.4) is 0 Å². The molecule has 1 rings (SSSR count). The van der Waals surface area contributed by atoms with Crippen molar-refractivity contribution in [2.24, 2.45) is 5.92 Å². The molecule has 0 unspecified atom stereocenters. The third-order valence-corrected chi connectivity index (χ3v) is 3.12. The van der Waals surface area contributed by atoms with Gasteiger partial charge in [-0.05, 0) is 27.7 Å². The second kappa shape index (κ2) is 3.51. The lowest BCUT2D eigenvalue weighted by Crippen LogP contribution is -2.62. The largest absolute Gasteiger partial charge is 0.388 e. The zero-order chi connectivity index (χ0) is 11.0. The molecule has 0 aromatic carbocycles. The van der Waals surface area contributed by atoms with Crippen molar-refractivity contribution >= 4 is 5.91 Å². The first-order valence-corrected chi connectivity index (χ1v) is 4.99. The van der Waals surface area contributed by atoms with Crippen molar-refractivity contribution in [3.05, 3.63) is 0 Å². The van der Waals surface area contributed by atoms with Gasteiger partial charge in [-0.15, -0.1) is 0 Å². The first-order valence-electron chi connectivity index (χ1n) is 4.99. The molecule has 1 aliphatic heterocycles. The summed E-state index contributed by atoms with van der Waals surface area (Å²) in [5, 5.41) is 15.7. The lowest BCUT2D eigenvalue weighted by molar-refractivity contribution is -0.131. The Morgan fingerprint density at radius 2 is 1.86 bits per heavy atom. The van der Waals surface area contributed by atoms with E-state index in [9.17, 15) is 9.90 Å². The van der Waals surface area contributed by atoms with Crippen LogP contribution >= 0.6 is 0 Å². The van der Waals surface area contributed by atoms with Crippen LogP contribution in [0.2, 0.25) is 0 Å². The highest BCUT2D eigenvalue weighted by molar-refractivity contribution is 5.80. The normalized spacial score (nSPS) is 18.9. The van der Waals surface area contributed by atoms with Crippen molar-refractivity contribution in [2.75, 3.05) is 13.1 Å². The number of nitrogens with one attached hydrogen (secondary N) is 2. The minimum atomic E-state index is -0.917. The molecule has 1 saturated heterocycles. The topological polar surface area (TPSA) is 61.4 Å². The molecule has 0 aromatic heterocycles. The van der Waals surface area contributed by atoms with Crippen molar-refractivity contribution in [2.45, 2.75) is 38.8 Å². The fraction of sp³-hybridized carbons (Fsp3) is 0.900. The third kappa shape index (κ3) is 2.25. The SMILES string of the molecule is CC(C)(O)C(C)(C)NC(=O)C1CNC1. The molecule has 0 bridgehead atoms. The maximum absolute atomic E-state index is 11.6. The molecule has 3 N–H and O–H groups in total. The molecule has 1 fully saturated rings. The highest BCUT2D eigenvalue weighted by atomic mass is 16.3. The van der Waals surface area contributed by atoms with E-state index in [0.29, 0.717) is 0 Å². The zero-order valence-electron chi connectivity index (χ0n) is 9.35. The van der Waals surface area contributed by atoms with Gasteiger partial charge in [0.1, 0.15) is 0 Å². The van der Waals surface area contributed by atoms with Crippen LogP contribution in [0.1, 0.15) is 27.7 Å². The summed E-state index contributed by atoms with van der Waals surface area (Å²) in [6.45, 7) is 8.55. The van der Waals surface area contributed by atoms with Gasteiger partial charge in [0.05, 0.1) is 17.1 Å². The Hall–Kier alpha value is -0.610. The predicted octanol–water partition coefficient (Wildman–Crippen LogP) is -0.128. The van der Waals surface area contributed by atoms with Crippen molar-refractivity contribution in [1.29, 1.82) is 0 Å². The Morgan fingerprint density at radius 1 is 1.36 bits per heavy atom. The van der Waals surface area contributed by atoms with Crippen molar-refractivity contribution in [1.82, 2.24) is 10.6 Å². The Kier molecular flexibility index (Phi) is 2.88. The quantitative estimate of drug-likeness (QED) is 0.595. The Morgan fingerprint density at radius 3 is 2.14 bits per heavy atom. The number of aliphatic hydroxyl groups is 1. The van der Waals surface area contributed by atoms with Gasteiger partial charge in [0, 0.05) is 13.1 Å². The first kappa shape index (κ1) is 11.5. The molecular formula is C10H20N2O2. The van der Waals surface area contributed by atoms with Crippen LogP contribution in [0.4, 0.5) is 0 Å². The van der Waals surface area contributed by atoms with Gasteiger partial charge in [0.15, 0.2) is 0 Å². The number of amides is 1. The van der Waals surface area contributed by atoms with Crippen LogP contribution < -0.4 is 10.6 Å². The Balaban J connectivity index is 2.53. The van der Waals surface area contributed by atoms with Crippen molar-refractivity contribution < 1.29 is 9.90 Å². The fourth-order valence-electron chi connectivity index (χ4n) is 1.04. The standard InChI is InChI=1S/C10H20N2O2/c1-9(2,10(3,4)14)12-8(13)7-5-11-6-7/h7,11,14H,5-6H2,1-4H3,(H,12,13). The second-order valence-corrected chi connectivity index (χ2v) is 5.03. The average Bonchev–Trinajstić information content (AvgIpc) is 1.76. The van der Waals surface area contributed by atoms with E-state index in [1.807, 2.05) is 13.8 Å². The smallest absolute Gasteiger partial charge is 0.226 e. The van der Waals surface area contributed by atoms with E-state index in [1.165, 1.54) is 0 Å². The van der Waals surface area contributed by atoms with E-state index in [-0.39, 0.29) is 11.8 Å². The number of hydrogen-bond donors (Lipinski definition) is 3. The molecular weight excluding hydrogens is 180 g/mol. The van der Waals surface area contributed by atoms with Gasteiger partial charge >= 0.3 is 0 Å². The van der Waals surface area contributed by atoms with E-state index in [0.717, 1.165) is 13.1 Å². The molecule has 14 heavy (non-hydrogen) atoms. The van der Waals surface area contributed by atoms with Crippen LogP contribution in [0.5, 0.6) is 0 Å². The van der Waals surface area contributed by atoms with E-state index in [4.69, 9.17) is 0 Å². The summed E-state index contributed by atoms with van der Waals surface area (Å²) < 4.78 is 0. The molecule has 1 amide bonds. The Labute approximate surface area is 85.1 Å². The van der Waals surface area contributed by atoms with E-state index < -0.39 is 11.1 Å². The molecule has 1 heterocycles. The van der Waals surface area contributed by atoms with Gasteiger partial charge < -0.3 is 15.7 Å². The fourth-order valence-corrected chi connectivity index (χ4v) is 1.04. The molecule has 1 aliphatic rings. The highest BCUT2D eigenvalue weighted by Crippen LogP contribution is 2.21. The minimum absolute atomic E-state index is 0.0240. The van der Waals surface area contributed by atoms with Gasteiger partial charge in [-0.3, -0.25) is 4.79 Å². The molecule has 0 radical (unpaired) electrons. The maximum Gasteiger partial charge on any atom is 0.226 e. The summed E-state index contributed by atoms with van der Waals surface area (Å²) in [4.78, 5) is 11.6. The molecule has 0 spiro atoms. The lowest BCUT2D eigenvalue weighted by Gasteiger charge is -2.40. The number of hydrogen-bond acceptors (Lipinski definition) is 3. The van der Waals surface area contributed by atoms with Gasteiger partial charge in [-0.25, -0.2) is 0 Å². The molecule has 0 aliphatic carbocycles. The molecule has 0 aromatic rings. The highest BCUT2D eigenvalue weighted by Gasteiger charge is 2.38. The molecule has 0 atom stereocenters. The van der Waals surface area contributed by atoms with Crippen LogP contribution in [-0.2, 0) is 4.79 Å². The van der Waals surface area contributed by atoms with Crippen molar-refractivity contribution in [3.63, 3.8) is 0 Å². The lowest BCUT2D eigenvalue weighted by atomic mass is 9.85. The summed E-state index contributed by atoms with van der Waals surface area (Å²) in [6.07, 6.45) is 0. The summed E-state index contributed by atoms with van der Waals surface area (Å²) in [7, 11) is 0. The second-order valence-electron chi connectivity index (χ2n) is 5.03. The zero-order valence-corrected chi connectivity index (χ0v) is 9.35. The Bertz CT molecular complexity index is 227. The van der Waals surface area contributed by atoms with E-state index in [2.05, 4.69) is 10.6 Å². The predicted molar refractivity (Wildman–Crippen MR) is 54.9 cm³/mol. The van der Waals surface area contributed by atoms with Gasteiger partial charge in [0.2, 0.25) is 5.91 Å². The van der Waals surface area contributed by atoms with Crippen molar-refractivity contribution in [3.8, 4) is 0 Å². The summed E-state index contributed by atoms with van der Waals surface area (Å²) >= 11 is 0. The summed E-state index contributed by atoms with van der Waals surface area (Å²) in [6, 6.07) is 0. The van der Waals surface area contributed by atoms with E-state index >= 15 is 0 Å². The van der Waals surface area contributed by atoms with Crippen LogP contribution in [0.25, 0.3) is 0 Å². The minimum Gasteiger partial charge on any atom is -0.388 e. The number of carbonyl (C=O) groups excluding carboxylic acids is 1. The number of carbonyl (C=O) groups is 1. The first-order chi connectivity index (χ1) is 6.24. The summed E-state index contributed by atoms with van der Waals surface area (Å²) in [5.41, 5.74) is -1.51. The number of rotatable bonds is 3. The molecule has 4 nitrogen and oxygen atoms in total. The van der Waals surface area contributed by atoms with Crippen LogP contribution in [0, 0.1) is 5.92 Å². The molecule has 4 heteroatoms. The summed E-state index contributed by atoms with van der Waals surface area (Å²) in [5.74, 6) is 0.0903. The maximum atomic E-state index is 11.6. The molecule has 82 valence electrons. The van der Waals surface area contributed by atoms with Crippen LogP contribution in [-0.4, -0.2) is 35.2 Å². The van der Waals surface area contributed by atoms with Gasteiger partial charge in [0.25, 0.3) is 0 Å². The van der Waals surface area contributed by atoms with Gasteiger partial charge in [-0.1, -0.05) is 0 Å². The van der Waals surface area contributed by atoms with E-state index in [1.54, 1.807) is 13.8 Å². The third-order valence-electron chi connectivity index (χ3n) is 3.12. The van der Waals surface area contributed by atoms with Gasteiger partial charge in [-0.2, -0.15) is 0 Å². The monoisotopic (exact) mass is 200 g/mol.